The lowest BCUT2D eigenvalue weighted by molar-refractivity contribution is -0.144. The van der Waals surface area contributed by atoms with Crippen molar-refractivity contribution >= 4 is 40.2 Å². The molecular formula is C23H26F5N7O2S. The average Bonchev–Trinajstić information content (AvgIpc) is 3.23. The summed E-state index contributed by atoms with van der Waals surface area (Å²) >= 11 is 0.978. The molecule has 1 atom stereocenters. The Morgan fingerprint density at radius 2 is 2.03 bits per heavy atom. The normalized spacial score (nSPS) is 18.9. The van der Waals surface area contributed by atoms with Gasteiger partial charge in [0.2, 0.25) is 5.88 Å². The Labute approximate surface area is 219 Å². The summed E-state index contributed by atoms with van der Waals surface area (Å²) in [6, 6.07) is 1.36. The fourth-order valence-corrected chi connectivity index (χ4v) is 4.80. The number of pyridine rings is 1. The molecule has 9 nitrogen and oxygen atoms in total. The van der Waals surface area contributed by atoms with E-state index in [1.165, 1.54) is 6.20 Å². The van der Waals surface area contributed by atoms with Gasteiger partial charge in [-0.05, 0) is 56.4 Å². The maximum atomic E-state index is 12.9. The van der Waals surface area contributed by atoms with E-state index in [1.807, 2.05) is 0 Å². The van der Waals surface area contributed by atoms with Crippen LogP contribution in [0.5, 0.6) is 5.88 Å². The zero-order valence-electron chi connectivity index (χ0n) is 20.3. The quantitative estimate of drug-likeness (QED) is 0.468. The third-order valence-corrected chi connectivity index (χ3v) is 6.94. The van der Waals surface area contributed by atoms with E-state index in [9.17, 15) is 26.7 Å². The second-order valence-corrected chi connectivity index (χ2v) is 9.72. The molecule has 1 saturated heterocycles. The molecule has 1 unspecified atom stereocenters. The molecule has 4 heterocycles. The molecule has 0 spiro atoms. The van der Waals surface area contributed by atoms with Gasteiger partial charge in [0.1, 0.15) is 10.8 Å². The fraction of sp³-hybridized carbons (Fsp3) is 0.522. The number of carbonyl (C=O) groups is 1. The van der Waals surface area contributed by atoms with E-state index < -0.39 is 31.1 Å². The van der Waals surface area contributed by atoms with E-state index >= 15 is 0 Å². The molecule has 38 heavy (non-hydrogen) atoms. The smallest absolute Gasteiger partial charge is 0.412 e. The van der Waals surface area contributed by atoms with Gasteiger partial charge < -0.3 is 15.4 Å². The molecule has 2 aliphatic heterocycles. The summed E-state index contributed by atoms with van der Waals surface area (Å²) in [5.74, 6) is 0.251. The zero-order chi connectivity index (χ0) is 27.3. The number of alkyl halides is 5. The number of anilines is 2. The number of hydrogen-bond donors (Lipinski definition) is 2. The second-order valence-electron chi connectivity index (χ2n) is 8.94. The first-order valence-electron chi connectivity index (χ1n) is 11.9. The summed E-state index contributed by atoms with van der Waals surface area (Å²) in [5, 5.41) is 5.88. The lowest BCUT2D eigenvalue weighted by atomic mass is 9.98. The van der Waals surface area contributed by atoms with Crippen LogP contribution in [0, 0.1) is 12.8 Å². The summed E-state index contributed by atoms with van der Waals surface area (Å²) < 4.78 is 73.3. The molecule has 0 radical (unpaired) electrons. The van der Waals surface area contributed by atoms with Crippen molar-refractivity contribution in [2.24, 2.45) is 15.9 Å². The predicted molar refractivity (Wildman–Crippen MR) is 134 cm³/mol. The highest BCUT2D eigenvalue weighted by Gasteiger charge is 2.40. The Morgan fingerprint density at radius 1 is 1.26 bits per heavy atom. The van der Waals surface area contributed by atoms with Gasteiger partial charge in [-0.25, -0.2) is 13.8 Å². The Morgan fingerprint density at radius 3 is 2.63 bits per heavy atom. The minimum atomic E-state index is -4.47. The third-order valence-electron chi connectivity index (χ3n) is 6.09. The first-order valence-corrected chi connectivity index (χ1v) is 12.6. The van der Waals surface area contributed by atoms with Crippen LogP contribution in [-0.4, -0.2) is 83.6 Å². The second kappa shape index (κ2) is 12.1. The number of ether oxygens (including phenoxy) is 1. The van der Waals surface area contributed by atoms with Crippen LogP contribution in [0.2, 0.25) is 0 Å². The Bertz CT molecular complexity index is 1160. The number of nitrogens with zero attached hydrogens (tertiary/aromatic N) is 5. The highest BCUT2D eigenvalue weighted by molar-refractivity contribution is 7.11. The third kappa shape index (κ3) is 7.43. The van der Waals surface area contributed by atoms with Gasteiger partial charge in [0.05, 0.1) is 49.1 Å². The van der Waals surface area contributed by atoms with Crippen molar-refractivity contribution in [3.05, 3.63) is 29.6 Å². The van der Waals surface area contributed by atoms with Crippen molar-refractivity contribution in [3.63, 3.8) is 0 Å². The van der Waals surface area contributed by atoms with Gasteiger partial charge in [-0.1, -0.05) is 0 Å². The van der Waals surface area contributed by atoms with Gasteiger partial charge in [-0.2, -0.15) is 17.5 Å². The number of likely N-dealkylation sites (tertiary alicyclic amines) is 1. The van der Waals surface area contributed by atoms with Gasteiger partial charge in [-0.3, -0.25) is 19.7 Å². The number of nitrogens with one attached hydrogen (secondary N) is 2. The van der Waals surface area contributed by atoms with E-state index in [4.69, 9.17) is 4.74 Å². The summed E-state index contributed by atoms with van der Waals surface area (Å²) in [6.45, 7) is 2.54. The van der Waals surface area contributed by atoms with Gasteiger partial charge >= 0.3 is 6.18 Å². The van der Waals surface area contributed by atoms with Crippen molar-refractivity contribution in [1.82, 2.24) is 14.3 Å². The first kappa shape index (κ1) is 27.8. The molecule has 0 bridgehead atoms. The highest BCUT2D eigenvalue weighted by Crippen LogP contribution is 2.28. The van der Waals surface area contributed by atoms with Crippen molar-refractivity contribution in [3.8, 4) is 5.88 Å². The number of hydrogen-bond acceptors (Lipinski definition) is 9. The molecule has 1 fully saturated rings. The van der Waals surface area contributed by atoms with Crippen molar-refractivity contribution in [2.45, 2.75) is 38.4 Å². The largest absolute Gasteiger partial charge is 0.477 e. The number of rotatable bonds is 8. The monoisotopic (exact) mass is 559 g/mol. The molecule has 4 rings (SSSR count). The summed E-state index contributed by atoms with van der Waals surface area (Å²) in [4.78, 5) is 26.3. The van der Waals surface area contributed by atoms with Gasteiger partial charge in [-0.15, -0.1) is 0 Å². The van der Waals surface area contributed by atoms with E-state index in [1.54, 1.807) is 24.0 Å². The molecule has 206 valence electrons. The molecular weight excluding hydrogens is 533 g/mol. The van der Waals surface area contributed by atoms with E-state index in [-0.39, 0.29) is 23.9 Å². The van der Waals surface area contributed by atoms with Crippen LogP contribution in [0.25, 0.3) is 0 Å². The zero-order valence-corrected chi connectivity index (χ0v) is 21.2. The number of aliphatic imine (C=N–C) groups is 2. The first-order chi connectivity index (χ1) is 18.1. The number of carbonyl (C=O) groups excluding carboxylic acids is 1. The molecule has 2 N–H and O–H groups in total. The van der Waals surface area contributed by atoms with Gasteiger partial charge in [0.25, 0.3) is 12.3 Å². The fourth-order valence-electron chi connectivity index (χ4n) is 4.00. The predicted octanol–water partition coefficient (Wildman–Crippen LogP) is 4.28. The number of aryl methyl sites for hydroxylation is 1. The minimum Gasteiger partial charge on any atom is -0.477 e. The maximum Gasteiger partial charge on any atom is 0.412 e. The van der Waals surface area contributed by atoms with Crippen LogP contribution < -0.4 is 15.4 Å². The van der Waals surface area contributed by atoms with Crippen LogP contribution in [0.3, 0.4) is 0 Å². The molecule has 15 heteroatoms. The maximum absolute atomic E-state index is 12.9. The minimum absolute atomic E-state index is 0.103. The molecule has 2 aromatic heterocycles. The summed E-state index contributed by atoms with van der Waals surface area (Å²) in [6.07, 6.45) is -2.82. The van der Waals surface area contributed by atoms with Gasteiger partial charge in [0, 0.05) is 6.07 Å². The van der Waals surface area contributed by atoms with Crippen LogP contribution in [0.1, 0.15) is 28.9 Å². The van der Waals surface area contributed by atoms with E-state index in [0.29, 0.717) is 42.0 Å². The number of amidine groups is 1. The summed E-state index contributed by atoms with van der Waals surface area (Å²) in [7, 11) is 0. The lowest BCUT2D eigenvalue weighted by Gasteiger charge is -2.31. The number of amides is 1. The Balaban J connectivity index is 1.28. The number of aromatic nitrogens is 2. The topological polar surface area (TPSA) is 104 Å². The van der Waals surface area contributed by atoms with Crippen molar-refractivity contribution in [1.29, 1.82) is 0 Å². The standard InChI is InChI=1S/C23H26F5N7O2S/c1-13-20(22(38-34-13)33-18-10-29-16(9-30-18)23(26,27)28)21(36)32-15-2-3-19(31-8-15)37-12-14-4-6-35(7-5-14)11-17(24)25/h2-3,8,10,14,16-17H,4-7,9,11-12H2,1H3,(H,30,33)(H,32,36). The number of halogens is 5. The van der Waals surface area contributed by atoms with Crippen molar-refractivity contribution in [2.75, 3.05) is 43.4 Å². The molecule has 0 saturated carbocycles. The highest BCUT2D eigenvalue weighted by atomic mass is 32.1. The molecule has 0 aromatic carbocycles. The van der Waals surface area contributed by atoms with Crippen LogP contribution >= 0.6 is 11.5 Å². The average molecular weight is 560 g/mol. The van der Waals surface area contributed by atoms with Gasteiger partial charge in [0.15, 0.2) is 6.04 Å². The Kier molecular flexibility index (Phi) is 8.87. The Hall–Kier alpha value is -3.20. The van der Waals surface area contributed by atoms with E-state index in [2.05, 4.69) is 30.0 Å². The molecule has 1 amide bonds. The van der Waals surface area contributed by atoms with Crippen LogP contribution in [0.15, 0.2) is 28.3 Å². The van der Waals surface area contributed by atoms with E-state index in [0.717, 1.165) is 30.6 Å². The molecule has 0 aliphatic carbocycles. The van der Waals surface area contributed by atoms with Crippen molar-refractivity contribution < 1.29 is 31.5 Å². The van der Waals surface area contributed by atoms with Crippen LogP contribution in [0.4, 0.5) is 32.6 Å². The van der Waals surface area contributed by atoms with Crippen LogP contribution in [-0.2, 0) is 0 Å². The SMILES string of the molecule is Cc1nsc(NC2=NCC(C(F)(F)F)N=C2)c1C(=O)Nc1ccc(OCC2CCN(CC(F)F)CC2)nc1. The number of piperidine rings is 1. The molecule has 2 aliphatic rings. The molecule has 2 aromatic rings. The lowest BCUT2D eigenvalue weighted by Crippen LogP contribution is -2.38. The summed E-state index contributed by atoms with van der Waals surface area (Å²) in [5.41, 5.74) is 1.07.